The average molecular weight is 486 g/mol. The lowest BCUT2D eigenvalue weighted by Crippen LogP contribution is -2.29. The molecule has 33 heavy (non-hydrogen) atoms. The number of carbonyl (C=O) groups is 1. The van der Waals surface area contributed by atoms with Crippen molar-refractivity contribution in [1.82, 2.24) is 4.98 Å². The quantitative estimate of drug-likeness (QED) is 0.427. The van der Waals surface area contributed by atoms with E-state index in [4.69, 9.17) is 32.9 Å². The number of aromatic nitrogens is 1. The lowest BCUT2D eigenvalue weighted by atomic mass is 9.97. The number of nitrogens with one attached hydrogen (secondary N) is 1. The van der Waals surface area contributed by atoms with Crippen LogP contribution in [0.15, 0.2) is 42.5 Å². The Balaban J connectivity index is 1.43. The molecule has 0 bridgehead atoms. The maximum atomic E-state index is 12.4. The second-order valence-corrected chi connectivity index (χ2v) is 9.66. The SMILES string of the molecule is Cc1cc(N2CCCC(C)CCC2)nc2ccc(NC(=O)COc3ccc(Cl)cc3Cl)cc12. The van der Waals surface area contributed by atoms with Crippen molar-refractivity contribution in [2.75, 3.05) is 29.9 Å². The van der Waals surface area contributed by atoms with Gasteiger partial charge in [-0.2, -0.15) is 0 Å². The minimum Gasteiger partial charge on any atom is -0.482 e. The van der Waals surface area contributed by atoms with Gasteiger partial charge in [0.05, 0.1) is 10.5 Å². The molecule has 0 radical (unpaired) electrons. The normalized spacial score (nSPS) is 15.2. The van der Waals surface area contributed by atoms with Crippen LogP contribution in [-0.4, -0.2) is 30.6 Å². The first kappa shape index (κ1) is 23.7. The molecule has 7 heteroatoms. The van der Waals surface area contributed by atoms with Crippen molar-refractivity contribution in [1.29, 1.82) is 0 Å². The Morgan fingerprint density at radius 2 is 1.88 bits per heavy atom. The molecule has 4 rings (SSSR count). The monoisotopic (exact) mass is 485 g/mol. The maximum absolute atomic E-state index is 12.4. The lowest BCUT2D eigenvalue weighted by Gasteiger charge is -2.28. The van der Waals surface area contributed by atoms with E-state index < -0.39 is 0 Å². The topological polar surface area (TPSA) is 54.5 Å². The highest BCUT2D eigenvalue weighted by Crippen LogP contribution is 2.29. The molecular formula is C26H29Cl2N3O2. The minimum atomic E-state index is -0.266. The van der Waals surface area contributed by atoms with Crippen molar-refractivity contribution in [2.45, 2.75) is 39.5 Å². The van der Waals surface area contributed by atoms with Crippen molar-refractivity contribution >= 4 is 51.5 Å². The van der Waals surface area contributed by atoms with Gasteiger partial charge in [-0.3, -0.25) is 4.79 Å². The van der Waals surface area contributed by atoms with Crippen LogP contribution in [0, 0.1) is 12.8 Å². The summed E-state index contributed by atoms with van der Waals surface area (Å²) in [7, 11) is 0. The zero-order chi connectivity index (χ0) is 23.4. The summed E-state index contributed by atoms with van der Waals surface area (Å²) in [6, 6.07) is 12.9. The molecule has 5 nitrogen and oxygen atoms in total. The van der Waals surface area contributed by atoms with Crippen LogP contribution >= 0.6 is 23.2 Å². The summed E-state index contributed by atoms with van der Waals surface area (Å²) in [5, 5.41) is 4.80. The fourth-order valence-electron chi connectivity index (χ4n) is 4.30. The van der Waals surface area contributed by atoms with Crippen molar-refractivity contribution < 1.29 is 9.53 Å². The van der Waals surface area contributed by atoms with Gasteiger partial charge in [-0.25, -0.2) is 4.98 Å². The molecule has 1 aliphatic rings. The molecule has 2 heterocycles. The number of hydrogen-bond donors (Lipinski definition) is 1. The van der Waals surface area contributed by atoms with Gasteiger partial charge < -0.3 is 15.0 Å². The van der Waals surface area contributed by atoms with Gasteiger partial charge in [0.15, 0.2) is 6.61 Å². The van der Waals surface area contributed by atoms with Crippen molar-refractivity contribution in [3.63, 3.8) is 0 Å². The summed E-state index contributed by atoms with van der Waals surface area (Å²) in [6.07, 6.45) is 4.96. The molecule has 1 saturated heterocycles. The molecule has 0 unspecified atom stereocenters. The van der Waals surface area contributed by atoms with Gasteiger partial charge in [-0.15, -0.1) is 0 Å². The van der Waals surface area contributed by atoms with E-state index in [0.29, 0.717) is 21.5 Å². The second-order valence-electron chi connectivity index (χ2n) is 8.82. The van der Waals surface area contributed by atoms with Gasteiger partial charge >= 0.3 is 0 Å². The molecule has 0 spiro atoms. The highest BCUT2D eigenvalue weighted by Gasteiger charge is 2.15. The van der Waals surface area contributed by atoms with Gasteiger partial charge in [-0.05, 0) is 86.6 Å². The highest BCUT2D eigenvalue weighted by atomic mass is 35.5. The smallest absolute Gasteiger partial charge is 0.262 e. The van der Waals surface area contributed by atoms with Crippen LogP contribution in [0.5, 0.6) is 5.75 Å². The Kier molecular flexibility index (Phi) is 7.61. The Hall–Kier alpha value is -2.50. The molecule has 1 aromatic heterocycles. The van der Waals surface area contributed by atoms with E-state index in [0.717, 1.165) is 41.3 Å². The number of nitrogens with zero attached hydrogens (tertiary/aromatic N) is 2. The van der Waals surface area contributed by atoms with E-state index in [1.807, 2.05) is 18.2 Å². The molecular weight excluding hydrogens is 457 g/mol. The Morgan fingerprint density at radius 3 is 2.61 bits per heavy atom. The third-order valence-corrected chi connectivity index (χ3v) is 6.64. The minimum absolute atomic E-state index is 0.150. The van der Waals surface area contributed by atoms with Gasteiger partial charge in [0, 0.05) is 29.2 Å². The lowest BCUT2D eigenvalue weighted by molar-refractivity contribution is -0.118. The third-order valence-electron chi connectivity index (χ3n) is 6.11. The number of carbonyl (C=O) groups excluding carboxylic acids is 1. The van der Waals surface area contributed by atoms with Crippen LogP contribution in [0.25, 0.3) is 10.9 Å². The number of halogens is 2. The summed E-state index contributed by atoms with van der Waals surface area (Å²) in [6.45, 7) is 6.39. The van der Waals surface area contributed by atoms with E-state index in [-0.39, 0.29) is 12.5 Å². The number of fused-ring (bicyclic) bond motifs is 1. The predicted octanol–water partition coefficient (Wildman–Crippen LogP) is 6.88. The maximum Gasteiger partial charge on any atom is 0.262 e. The fraction of sp³-hybridized carbons (Fsp3) is 0.385. The molecule has 1 N–H and O–H groups in total. The molecule has 1 aliphatic heterocycles. The number of pyridine rings is 1. The molecule has 0 atom stereocenters. The van der Waals surface area contributed by atoms with E-state index in [9.17, 15) is 4.79 Å². The average Bonchev–Trinajstić information content (AvgIpc) is 2.76. The van der Waals surface area contributed by atoms with Crippen molar-refractivity contribution in [3.8, 4) is 5.75 Å². The molecule has 0 saturated carbocycles. The number of aryl methyl sites for hydroxylation is 1. The van der Waals surface area contributed by atoms with E-state index in [1.165, 1.54) is 25.7 Å². The Bertz CT molecular complexity index is 1140. The van der Waals surface area contributed by atoms with Crippen LogP contribution in [0.3, 0.4) is 0 Å². The van der Waals surface area contributed by atoms with E-state index in [1.54, 1.807) is 18.2 Å². The summed E-state index contributed by atoms with van der Waals surface area (Å²) in [4.78, 5) is 19.7. The molecule has 174 valence electrons. The summed E-state index contributed by atoms with van der Waals surface area (Å²) < 4.78 is 5.53. The first-order chi connectivity index (χ1) is 15.9. The van der Waals surface area contributed by atoms with E-state index >= 15 is 0 Å². The first-order valence-electron chi connectivity index (χ1n) is 11.4. The second kappa shape index (κ2) is 10.6. The largest absolute Gasteiger partial charge is 0.482 e. The first-order valence-corrected chi connectivity index (χ1v) is 12.2. The number of benzene rings is 2. The number of ether oxygens (including phenoxy) is 1. The van der Waals surface area contributed by atoms with Gasteiger partial charge in [0.1, 0.15) is 11.6 Å². The van der Waals surface area contributed by atoms with Gasteiger partial charge in [0.2, 0.25) is 0 Å². The number of amides is 1. The summed E-state index contributed by atoms with van der Waals surface area (Å²) in [5.41, 5.74) is 2.78. The molecule has 1 amide bonds. The van der Waals surface area contributed by atoms with Crippen LogP contribution in [0.2, 0.25) is 10.0 Å². The molecule has 2 aromatic carbocycles. The Morgan fingerprint density at radius 1 is 1.12 bits per heavy atom. The Labute approximate surface area is 205 Å². The standard InChI is InChI=1S/C26H29Cl2N3O2/c1-17-5-3-11-31(12-4-6-17)25-13-18(2)21-15-20(8-9-23(21)30-25)29-26(32)16-33-24-10-7-19(27)14-22(24)28/h7-10,13-15,17H,3-6,11-12,16H2,1-2H3,(H,29,32). The fourth-order valence-corrected chi connectivity index (χ4v) is 4.76. The van der Waals surface area contributed by atoms with Crippen LogP contribution in [-0.2, 0) is 4.79 Å². The van der Waals surface area contributed by atoms with Crippen molar-refractivity contribution in [3.05, 3.63) is 58.1 Å². The highest BCUT2D eigenvalue weighted by molar-refractivity contribution is 6.35. The molecule has 0 aliphatic carbocycles. The van der Waals surface area contributed by atoms with Crippen LogP contribution in [0.4, 0.5) is 11.5 Å². The van der Waals surface area contributed by atoms with E-state index in [2.05, 4.69) is 30.1 Å². The zero-order valence-electron chi connectivity index (χ0n) is 19.0. The predicted molar refractivity (Wildman–Crippen MR) is 137 cm³/mol. The third kappa shape index (κ3) is 6.10. The molecule has 1 fully saturated rings. The summed E-state index contributed by atoms with van der Waals surface area (Å²) in [5.74, 6) is 2.01. The van der Waals surface area contributed by atoms with Crippen LogP contribution in [0.1, 0.15) is 38.2 Å². The number of anilines is 2. The number of hydrogen-bond acceptors (Lipinski definition) is 4. The summed E-state index contributed by atoms with van der Waals surface area (Å²) >= 11 is 12.0. The van der Waals surface area contributed by atoms with Crippen LogP contribution < -0.4 is 15.0 Å². The number of rotatable bonds is 5. The van der Waals surface area contributed by atoms with Gasteiger partial charge in [0.25, 0.3) is 5.91 Å². The molecule has 3 aromatic rings. The zero-order valence-corrected chi connectivity index (χ0v) is 20.5. The van der Waals surface area contributed by atoms with Gasteiger partial charge in [-0.1, -0.05) is 30.1 Å². The van der Waals surface area contributed by atoms with Crippen molar-refractivity contribution in [2.24, 2.45) is 5.92 Å².